The van der Waals surface area contributed by atoms with Gasteiger partial charge in [0.25, 0.3) is 0 Å². The second kappa shape index (κ2) is 4.06. The summed E-state index contributed by atoms with van der Waals surface area (Å²) in [5, 5.41) is 8.12. The summed E-state index contributed by atoms with van der Waals surface area (Å²) >= 11 is 0. The third-order valence-electron chi connectivity index (χ3n) is 1.80. The SMILES string of the molecule is CNC(=O)C[C@H]1NCCNC1=O. The van der Waals surface area contributed by atoms with Gasteiger partial charge in [0.2, 0.25) is 11.8 Å². The highest BCUT2D eigenvalue weighted by atomic mass is 16.2. The molecule has 0 spiro atoms. The summed E-state index contributed by atoms with van der Waals surface area (Å²) in [5.41, 5.74) is 0. The van der Waals surface area contributed by atoms with Crippen LogP contribution in [0.4, 0.5) is 0 Å². The standard InChI is InChI=1S/C7H13N3O2/c1-8-6(11)4-5-7(12)10-3-2-9-5/h5,9H,2-4H2,1H3,(H,8,11)(H,10,12)/t5-/m1/s1. The van der Waals surface area contributed by atoms with Gasteiger partial charge in [-0.1, -0.05) is 0 Å². The second-order valence-corrected chi connectivity index (χ2v) is 2.68. The van der Waals surface area contributed by atoms with Gasteiger partial charge < -0.3 is 16.0 Å². The summed E-state index contributed by atoms with van der Waals surface area (Å²) in [6.07, 6.45) is 0.211. The van der Waals surface area contributed by atoms with E-state index in [1.54, 1.807) is 7.05 Å². The number of hydrogen-bond donors (Lipinski definition) is 3. The maximum atomic E-state index is 11.1. The van der Waals surface area contributed by atoms with E-state index in [9.17, 15) is 9.59 Å². The van der Waals surface area contributed by atoms with E-state index in [-0.39, 0.29) is 24.3 Å². The Labute approximate surface area is 70.9 Å². The van der Waals surface area contributed by atoms with Gasteiger partial charge in [0.15, 0.2) is 0 Å². The summed E-state index contributed by atoms with van der Waals surface area (Å²) in [4.78, 5) is 22.0. The maximum absolute atomic E-state index is 11.1. The molecule has 1 aliphatic heterocycles. The molecule has 0 unspecified atom stereocenters. The summed E-state index contributed by atoms with van der Waals surface area (Å²) in [6, 6.07) is -0.362. The highest BCUT2D eigenvalue weighted by Crippen LogP contribution is 1.95. The second-order valence-electron chi connectivity index (χ2n) is 2.68. The van der Waals surface area contributed by atoms with E-state index in [1.807, 2.05) is 0 Å². The minimum Gasteiger partial charge on any atom is -0.359 e. The van der Waals surface area contributed by atoms with Crippen molar-refractivity contribution in [3.63, 3.8) is 0 Å². The molecule has 0 radical (unpaired) electrons. The van der Waals surface area contributed by atoms with E-state index in [1.165, 1.54) is 0 Å². The van der Waals surface area contributed by atoms with Gasteiger partial charge in [0.1, 0.15) is 0 Å². The molecule has 5 nitrogen and oxygen atoms in total. The number of hydrogen-bond acceptors (Lipinski definition) is 3. The molecular weight excluding hydrogens is 158 g/mol. The van der Waals surface area contributed by atoms with E-state index in [4.69, 9.17) is 0 Å². The average Bonchev–Trinajstić information content (AvgIpc) is 2.09. The largest absolute Gasteiger partial charge is 0.359 e. The van der Waals surface area contributed by atoms with Gasteiger partial charge in [0, 0.05) is 20.1 Å². The molecule has 5 heteroatoms. The van der Waals surface area contributed by atoms with Crippen molar-refractivity contribution in [1.82, 2.24) is 16.0 Å². The van der Waals surface area contributed by atoms with Crippen molar-refractivity contribution in [2.75, 3.05) is 20.1 Å². The first-order valence-electron chi connectivity index (χ1n) is 3.95. The predicted octanol–water partition coefficient (Wildman–Crippen LogP) is -1.79. The fraction of sp³-hybridized carbons (Fsp3) is 0.714. The molecule has 0 saturated carbocycles. The Morgan fingerprint density at radius 1 is 1.67 bits per heavy atom. The molecule has 3 N–H and O–H groups in total. The molecule has 0 aromatic rings. The number of amides is 2. The lowest BCUT2D eigenvalue weighted by molar-refractivity contribution is -0.129. The van der Waals surface area contributed by atoms with E-state index in [0.29, 0.717) is 6.54 Å². The normalized spacial score (nSPS) is 23.1. The van der Waals surface area contributed by atoms with Crippen LogP contribution in [0.1, 0.15) is 6.42 Å². The first-order chi connectivity index (χ1) is 5.74. The Bertz CT molecular complexity index is 193. The molecule has 0 aliphatic carbocycles. The summed E-state index contributed by atoms with van der Waals surface area (Å²) < 4.78 is 0. The Morgan fingerprint density at radius 2 is 2.42 bits per heavy atom. The molecule has 12 heavy (non-hydrogen) atoms. The predicted molar refractivity (Wildman–Crippen MR) is 43.5 cm³/mol. The maximum Gasteiger partial charge on any atom is 0.237 e. The first-order valence-corrected chi connectivity index (χ1v) is 3.95. The summed E-state index contributed by atoms with van der Waals surface area (Å²) in [5.74, 6) is -0.214. The van der Waals surface area contributed by atoms with Crippen LogP contribution >= 0.6 is 0 Å². The van der Waals surface area contributed by atoms with Gasteiger partial charge in [-0.3, -0.25) is 9.59 Å². The van der Waals surface area contributed by atoms with Crippen molar-refractivity contribution in [2.45, 2.75) is 12.5 Å². The molecule has 0 bridgehead atoms. The van der Waals surface area contributed by atoms with Gasteiger partial charge in [-0.25, -0.2) is 0 Å². The van der Waals surface area contributed by atoms with E-state index < -0.39 is 0 Å². The molecule has 1 rings (SSSR count). The molecule has 1 fully saturated rings. The molecule has 0 aromatic heterocycles. The molecule has 1 atom stereocenters. The number of carbonyl (C=O) groups is 2. The topological polar surface area (TPSA) is 70.2 Å². The Balaban J connectivity index is 2.39. The van der Waals surface area contributed by atoms with Crippen LogP contribution < -0.4 is 16.0 Å². The smallest absolute Gasteiger partial charge is 0.237 e. The van der Waals surface area contributed by atoms with Crippen molar-refractivity contribution >= 4 is 11.8 Å². The van der Waals surface area contributed by atoms with Crippen LogP contribution in [0.15, 0.2) is 0 Å². The van der Waals surface area contributed by atoms with Crippen molar-refractivity contribution in [3.05, 3.63) is 0 Å². The van der Waals surface area contributed by atoms with Gasteiger partial charge in [0.05, 0.1) is 12.5 Å². The van der Waals surface area contributed by atoms with Crippen molar-refractivity contribution < 1.29 is 9.59 Å². The highest BCUT2D eigenvalue weighted by Gasteiger charge is 2.23. The molecule has 68 valence electrons. The van der Waals surface area contributed by atoms with Gasteiger partial charge >= 0.3 is 0 Å². The lowest BCUT2D eigenvalue weighted by Crippen LogP contribution is -2.54. The monoisotopic (exact) mass is 171 g/mol. The van der Waals surface area contributed by atoms with E-state index in [0.717, 1.165) is 6.54 Å². The fourth-order valence-electron chi connectivity index (χ4n) is 1.10. The third-order valence-corrected chi connectivity index (χ3v) is 1.80. The van der Waals surface area contributed by atoms with Crippen LogP contribution in [0.5, 0.6) is 0 Å². The lowest BCUT2D eigenvalue weighted by Gasteiger charge is -2.22. The van der Waals surface area contributed by atoms with Crippen LogP contribution in [-0.2, 0) is 9.59 Å². The van der Waals surface area contributed by atoms with Crippen LogP contribution in [0, 0.1) is 0 Å². The van der Waals surface area contributed by atoms with Crippen LogP contribution in [0.25, 0.3) is 0 Å². The quantitative estimate of drug-likeness (QED) is 0.459. The Hall–Kier alpha value is -1.10. The molecule has 2 amide bonds. The molecule has 1 heterocycles. The van der Waals surface area contributed by atoms with Crippen LogP contribution in [0.2, 0.25) is 0 Å². The van der Waals surface area contributed by atoms with Crippen LogP contribution in [-0.4, -0.2) is 38.0 Å². The first kappa shape index (κ1) is 8.99. The third kappa shape index (κ3) is 2.20. The van der Waals surface area contributed by atoms with Crippen LogP contribution in [0.3, 0.4) is 0 Å². The number of nitrogens with one attached hydrogen (secondary N) is 3. The fourth-order valence-corrected chi connectivity index (χ4v) is 1.10. The molecular formula is C7H13N3O2. The Kier molecular flexibility index (Phi) is 3.04. The highest BCUT2D eigenvalue weighted by molar-refractivity contribution is 5.88. The van der Waals surface area contributed by atoms with Gasteiger partial charge in [-0.2, -0.15) is 0 Å². The average molecular weight is 171 g/mol. The van der Waals surface area contributed by atoms with E-state index in [2.05, 4.69) is 16.0 Å². The lowest BCUT2D eigenvalue weighted by atomic mass is 10.1. The number of carbonyl (C=O) groups excluding carboxylic acids is 2. The van der Waals surface area contributed by atoms with Gasteiger partial charge in [-0.05, 0) is 0 Å². The summed E-state index contributed by atoms with van der Waals surface area (Å²) in [7, 11) is 1.56. The minimum atomic E-state index is -0.362. The zero-order chi connectivity index (χ0) is 8.97. The van der Waals surface area contributed by atoms with Crippen molar-refractivity contribution in [3.8, 4) is 0 Å². The Morgan fingerprint density at radius 3 is 3.00 bits per heavy atom. The van der Waals surface area contributed by atoms with Gasteiger partial charge in [-0.15, -0.1) is 0 Å². The summed E-state index contributed by atoms with van der Waals surface area (Å²) in [6.45, 7) is 1.37. The molecule has 1 saturated heterocycles. The number of rotatable bonds is 2. The minimum absolute atomic E-state index is 0.0927. The zero-order valence-electron chi connectivity index (χ0n) is 7.02. The zero-order valence-corrected chi connectivity index (χ0v) is 7.02. The molecule has 1 aliphatic rings. The van der Waals surface area contributed by atoms with Crippen molar-refractivity contribution in [2.24, 2.45) is 0 Å². The van der Waals surface area contributed by atoms with Crippen molar-refractivity contribution in [1.29, 1.82) is 0 Å². The van der Waals surface area contributed by atoms with E-state index >= 15 is 0 Å². The molecule has 0 aromatic carbocycles. The number of piperazine rings is 1.